The lowest BCUT2D eigenvalue weighted by atomic mass is 10.0. The molecular weight excluding hydrogens is 398 g/mol. The summed E-state index contributed by atoms with van der Waals surface area (Å²) in [5.74, 6) is 4.47. The number of unbranched alkanes of at least 4 members (excludes halogenated alkanes) is 3. The van der Waals surface area contributed by atoms with Gasteiger partial charge >= 0.3 is 0 Å². The first-order chi connectivity index (χ1) is 15.0. The normalized spacial score (nSPS) is 17.8. The molecule has 3 rings (SSSR count). The monoisotopic (exact) mass is 425 g/mol. The van der Waals surface area contributed by atoms with Crippen LogP contribution in [-0.4, -0.2) is 54.8 Å². The molecule has 0 aromatic heterocycles. The van der Waals surface area contributed by atoms with Crippen molar-refractivity contribution in [2.75, 3.05) is 20.2 Å². The molecule has 4 amide bonds. The second kappa shape index (κ2) is 10.7. The van der Waals surface area contributed by atoms with Gasteiger partial charge in [0.05, 0.1) is 17.7 Å². The summed E-state index contributed by atoms with van der Waals surface area (Å²) in [6, 6.07) is 3.86. The summed E-state index contributed by atoms with van der Waals surface area (Å²) >= 11 is 0. The average molecular weight is 425 g/mol. The van der Waals surface area contributed by atoms with E-state index in [1.807, 2.05) is 7.05 Å². The SMILES string of the molecule is CNCCCCC#CCCCOc1cccc2c1C(=O)N(C1CCC(=O)NC1=O)C2=O. The number of rotatable bonds is 9. The fourth-order valence-corrected chi connectivity index (χ4v) is 3.64. The van der Waals surface area contributed by atoms with E-state index in [-0.39, 0.29) is 24.0 Å². The van der Waals surface area contributed by atoms with Crippen molar-refractivity contribution in [2.24, 2.45) is 0 Å². The third-order valence-electron chi connectivity index (χ3n) is 5.24. The van der Waals surface area contributed by atoms with E-state index in [9.17, 15) is 19.2 Å². The molecule has 0 bridgehead atoms. The quantitative estimate of drug-likeness (QED) is 0.354. The molecule has 1 atom stereocenters. The van der Waals surface area contributed by atoms with Crippen molar-refractivity contribution >= 4 is 23.6 Å². The summed E-state index contributed by atoms with van der Waals surface area (Å²) in [5, 5.41) is 5.30. The molecule has 1 fully saturated rings. The molecule has 0 radical (unpaired) electrons. The Hall–Kier alpha value is -3.18. The highest BCUT2D eigenvalue weighted by atomic mass is 16.5. The lowest BCUT2D eigenvalue weighted by molar-refractivity contribution is -0.136. The van der Waals surface area contributed by atoms with Gasteiger partial charge < -0.3 is 10.1 Å². The number of ether oxygens (including phenoxy) is 1. The first-order valence-electron chi connectivity index (χ1n) is 10.6. The minimum Gasteiger partial charge on any atom is -0.493 e. The smallest absolute Gasteiger partial charge is 0.266 e. The molecule has 1 aromatic rings. The molecule has 2 heterocycles. The lowest BCUT2D eigenvalue weighted by Crippen LogP contribution is -2.54. The number of piperidine rings is 1. The molecule has 0 spiro atoms. The van der Waals surface area contributed by atoms with Crippen LogP contribution in [0.15, 0.2) is 18.2 Å². The zero-order chi connectivity index (χ0) is 22.2. The third kappa shape index (κ3) is 5.30. The van der Waals surface area contributed by atoms with Gasteiger partial charge in [-0.05, 0) is 51.4 Å². The van der Waals surface area contributed by atoms with Crippen LogP contribution >= 0.6 is 0 Å². The van der Waals surface area contributed by atoms with Gasteiger partial charge in [-0.2, -0.15) is 0 Å². The van der Waals surface area contributed by atoms with Gasteiger partial charge in [0.2, 0.25) is 11.8 Å². The number of carbonyl (C=O) groups excluding carboxylic acids is 4. The fourth-order valence-electron chi connectivity index (χ4n) is 3.64. The molecule has 1 unspecified atom stereocenters. The Morgan fingerprint density at radius 2 is 1.87 bits per heavy atom. The van der Waals surface area contributed by atoms with Gasteiger partial charge in [-0.25, -0.2) is 0 Å². The maximum atomic E-state index is 13.0. The van der Waals surface area contributed by atoms with E-state index >= 15 is 0 Å². The zero-order valence-corrected chi connectivity index (χ0v) is 17.7. The predicted molar refractivity (Wildman–Crippen MR) is 113 cm³/mol. The average Bonchev–Trinajstić information content (AvgIpc) is 3.01. The number of nitrogens with one attached hydrogen (secondary N) is 2. The number of benzene rings is 1. The third-order valence-corrected chi connectivity index (χ3v) is 5.24. The van der Waals surface area contributed by atoms with Gasteiger partial charge in [-0.15, -0.1) is 11.8 Å². The van der Waals surface area contributed by atoms with Crippen molar-refractivity contribution in [1.29, 1.82) is 0 Å². The standard InChI is InChI=1S/C23H27N3O5/c1-24-14-7-5-3-2-4-6-8-15-31-18-11-9-10-16-20(18)23(30)26(22(16)29)17-12-13-19(27)25-21(17)28/h9-11,17,24H,3,5-8,12-15H2,1H3,(H,25,27,28). The van der Waals surface area contributed by atoms with E-state index in [0.717, 1.165) is 30.7 Å². The lowest BCUT2D eigenvalue weighted by Gasteiger charge is -2.27. The van der Waals surface area contributed by atoms with E-state index in [2.05, 4.69) is 22.5 Å². The molecule has 2 N–H and O–H groups in total. The van der Waals surface area contributed by atoms with Crippen LogP contribution < -0.4 is 15.4 Å². The molecule has 2 aliphatic heterocycles. The molecule has 8 nitrogen and oxygen atoms in total. The van der Waals surface area contributed by atoms with Crippen molar-refractivity contribution in [1.82, 2.24) is 15.5 Å². The number of nitrogens with zero attached hydrogens (tertiary/aromatic N) is 1. The summed E-state index contributed by atoms with van der Waals surface area (Å²) in [5.41, 5.74) is 0.390. The van der Waals surface area contributed by atoms with E-state index in [1.165, 1.54) is 0 Å². The number of carbonyl (C=O) groups is 4. The topological polar surface area (TPSA) is 105 Å². The second-order valence-electron chi connectivity index (χ2n) is 7.49. The summed E-state index contributed by atoms with van der Waals surface area (Å²) in [6.45, 7) is 1.36. The van der Waals surface area contributed by atoms with Crippen LogP contribution in [0.2, 0.25) is 0 Å². The van der Waals surface area contributed by atoms with Crippen molar-refractivity contribution in [2.45, 2.75) is 51.0 Å². The van der Waals surface area contributed by atoms with Crippen LogP contribution in [0, 0.1) is 11.8 Å². The maximum absolute atomic E-state index is 13.0. The van der Waals surface area contributed by atoms with Crippen LogP contribution in [0.25, 0.3) is 0 Å². The number of hydrogen-bond acceptors (Lipinski definition) is 6. The van der Waals surface area contributed by atoms with Gasteiger partial charge in [0.15, 0.2) is 0 Å². The van der Waals surface area contributed by atoms with Crippen molar-refractivity contribution < 1.29 is 23.9 Å². The van der Waals surface area contributed by atoms with Gasteiger partial charge in [-0.1, -0.05) is 6.07 Å². The molecule has 1 aromatic carbocycles. The highest BCUT2D eigenvalue weighted by molar-refractivity contribution is 6.24. The van der Waals surface area contributed by atoms with Gasteiger partial charge in [0.25, 0.3) is 11.8 Å². The summed E-state index contributed by atoms with van der Waals surface area (Å²) < 4.78 is 5.78. The molecule has 31 heavy (non-hydrogen) atoms. The first kappa shape index (κ1) is 22.5. The van der Waals surface area contributed by atoms with Crippen LogP contribution in [0.3, 0.4) is 0 Å². The summed E-state index contributed by atoms with van der Waals surface area (Å²) in [6.07, 6.45) is 4.66. The highest BCUT2D eigenvalue weighted by Gasteiger charge is 2.45. The van der Waals surface area contributed by atoms with Crippen molar-refractivity contribution in [3.63, 3.8) is 0 Å². The number of hydrogen-bond donors (Lipinski definition) is 2. The van der Waals surface area contributed by atoms with E-state index in [0.29, 0.717) is 25.2 Å². The summed E-state index contributed by atoms with van der Waals surface area (Å²) in [4.78, 5) is 50.3. The number of imide groups is 2. The molecule has 2 aliphatic rings. The molecule has 1 saturated heterocycles. The number of fused-ring (bicyclic) bond motifs is 1. The van der Waals surface area contributed by atoms with Crippen molar-refractivity contribution in [3.8, 4) is 17.6 Å². The zero-order valence-electron chi connectivity index (χ0n) is 17.7. The highest BCUT2D eigenvalue weighted by Crippen LogP contribution is 2.33. The maximum Gasteiger partial charge on any atom is 0.266 e. The van der Waals surface area contributed by atoms with E-state index < -0.39 is 29.7 Å². The van der Waals surface area contributed by atoms with E-state index in [1.54, 1.807) is 18.2 Å². The second-order valence-corrected chi connectivity index (χ2v) is 7.49. The Labute approximate surface area is 181 Å². The van der Waals surface area contributed by atoms with Crippen LogP contribution in [0.5, 0.6) is 5.75 Å². The summed E-state index contributed by atoms with van der Waals surface area (Å²) in [7, 11) is 1.93. The number of amides is 4. The largest absolute Gasteiger partial charge is 0.493 e. The van der Waals surface area contributed by atoms with Crippen LogP contribution in [0.1, 0.15) is 65.7 Å². The minimum atomic E-state index is -0.985. The van der Waals surface area contributed by atoms with E-state index in [4.69, 9.17) is 4.74 Å². The molecule has 8 heteroatoms. The Morgan fingerprint density at radius 1 is 1.10 bits per heavy atom. The van der Waals surface area contributed by atoms with Crippen LogP contribution in [0.4, 0.5) is 0 Å². The Bertz CT molecular complexity index is 931. The Balaban J connectivity index is 1.56. The van der Waals surface area contributed by atoms with Gasteiger partial charge in [0.1, 0.15) is 11.8 Å². The van der Waals surface area contributed by atoms with Gasteiger partial charge in [0, 0.05) is 19.3 Å². The predicted octanol–water partition coefficient (Wildman–Crippen LogP) is 1.64. The molecular formula is C23H27N3O5. The molecule has 0 saturated carbocycles. The minimum absolute atomic E-state index is 0.0870. The first-order valence-corrected chi connectivity index (χ1v) is 10.6. The molecule has 0 aliphatic carbocycles. The van der Waals surface area contributed by atoms with Crippen molar-refractivity contribution in [3.05, 3.63) is 29.3 Å². The molecule has 164 valence electrons. The van der Waals surface area contributed by atoms with Crippen LogP contribution in [-0.2, 0) is 9.59 Å². The van der Waals surface area contributed by atoms with Gasteiger partial charge in [-0.3, -0.25) is 29.4 Å². The Kier molecular flexibility index (Phi) is 7.79. The fraction of sp³-hybridized carbons (Fsp3) is 0.478. The Morgan fingerprint density at radius 3 is 2.61 bits per heavy atom.